The Bertz CT molecular complexity index is 4150. The van der Waals surface area contributed by atoms with Gasteiger partial charge in [0.1, 0.15) is 45.6 Å². The maximum Gasteiger partial charge on any atom is 0.168 e. The highest BCUT2D eigenvalue weighted by molar-refractivity contribution is 6.10. The Morgan fingerprint density at radius 2 is 0.562 bits per heavy atom. The molecule has 2 N–H and O–H groups in total. The predicted octanol–water partition coefficient (Wildman–Crippen LogP) is 14.3. The van der Waals surface area contributed by atoms with Crippen LogP contribution in [-0.2, 0) is 0 Å². The molecule has 0 aliphatic carbocycles. The van der Waals surface area contributed by atoms with Gasteiger partial charge in [0.15, 0.2) is 46.3 Å². The largest absolute Gasteiger partial charge is 0.454 e. The number of hydrogen-bond acceptors (Lipinski definition) is 14. The highest BCUT2D eigenvalue weighted by Crippen LogP contribution is 2.48. The van der Waals surface area contributed by atoms with E-state index in [0.717, 1.165) is 33.5 Å². The van der Waals surface area contributed by atoms with E-state index < -0.39 is 0 Å². The van der Waals surface area contributed by atoms with E-state index in [1.54, 1.807) is 0 Å². The van der Waals surface area contributed by atoms with Crippen LogP contribution in [0.1, 0.15) is 0 Å². The lowest BCUT2D eigenvalue weighted by Gasteiger charge is -2.18. The van der Waals surface area contributed by atoms with Gasteiger partial charge in [-0.2, -0.15) is 0 Å². The molecule has 8 aromatic carbocycles. The van der Waals surface area contributed by atoms with Crippen molar-refractivity contribution >= 4 is 66.9 Å². The van der Waals surface area contributed by atoms with Gasteiger partial charge >= 0.3 is 0 Å². The first kappa shape index (κ1) is 49.1. The van der Waals surface area contributed by atoms with Gasteiger partial charge < -0.3 is 48.5 Å². The summed E-state index contributed by atoms with van der Waals surface area (Å²) in [5.74, 6) is 6.30. The molecule has 3 aromatic heterocycles. The Labute approximate surface area is 461 Å². The average Bonchev–Trinajstić information content (AvgIpc) is 4.26. The number of para-hydroxylation sites is 8. The molecule has 5 heterocycles. The van der Waals surface area contributed by atoms with Crippen LogP contribution >= 0.6 is 0 Å². The summed E-state index contributed by atoms with van der Waals surface area (Å²) in [6.45, 7) is 0. The second-order valence-electron chi connectivity index (χ2n) is 20.2. The SMILES string of the molecule is CN(C)c1ccccc1Oc1cccc2c1-c1nc-2nc2[nH]c(nc3nc(nc4[nH]c(n1)c1cccc(Oc5ccccc5N(C)C)c41)-c1cccc(Oc4ccccc4N(C)C)c1-3)c1cccc(Oc3ccccc3N(C)C)c21. The fraction of sp³-hybridized carbons (Fsp3) is 0.125. The molecule has 0 fully saturated rings. The number of aromatic nitrogens is 8. The van der Waals surface area contributed by atoms with E-state index in [-0.39, 0.29) is 0 Å². The van der Waals surface area contributed by atoms with Crippen LogP contribution in [0.25, 0.3) is 89.7 Å². The monoisotopic (exact) mass is 1050 g/mol. The van der Waals surface area contributed by atoms with E-state index in [2.05, 4.69) is 9.97 Å². The first-order valence-electron chi connectivity index (χ1n) is 26.1. The van der Waals surface area contributed by atoms with Gasteiger partial charge in [-0.25, -0.2) is 29.9 Å². The molecule has 0 saturated carbocycles. The van der Waals surface area contributed by atoms with Crippen molar-refractivity contribution in [2.75, 3.05) is 76.0 Å². The van der Waals surface area contributed by atoms with Crippen molar-refractivity contribution in [3.8, 4) is 91.5 Å². The number of nitrogens with one attached hydrogen (secondary N) is 2. The molecular weight excluding hydrogens is 1000 g/mol. The minimum Gasteiger partial charge on any atom is -0.454 e. The van der Waals surface area contributed by atoms with E-state index in [1.165, 1.54) is 0 Å². The van der Waals surface area contributed by atoms with Crippen LogP contribution in [0.15, 0.2) is 170 Å². The molecular formula is C64H54N12O4. The summed E-state index contributed by atoms with van der Waals surface area (Å²) < 4.78 is 27.6. The summed E-state index contributed by atoms with van der Waals surface area (Å²) in [4.78, 5) is 47.7. The topological polar surface area (TPSA) is 159 Å². The van der Waals surface area contributed by atoms with Crippen molar-refractivity contribution in [3.05, 3.63) is 170 Å². The summed E-state index contributed by atoms with van der Waals surface area (Å²) in [6.07, 6.45) is 0. The molecule has 0 atom stereocenters. The molecule has 0 amide bonds. The minimum atomic E-state index is 0.360. The van der Waals surface area contributed by atoms with Crippen molar-refractivity contribution in [2.24, 2.45) is 0 Å². The normalized spacial score (nSPS) is 11.5. The maximum atomic E-state index is 6.91. The van der Waals surface area contributed by atoms with E-state index in [0.29, 0.717) is 125 Å². The third-order valence-corrected chi connectivity index (χ3v) is 14.1. The molecule has 11 aromatic rings. The molecule has 16 heteroatoms. The van der Waals surface area contributed by atoms with Gasteiger partial charge in [-0.3, -0.25) is 0 Å². The molecule has 0 saturated heterocycles. The smallest absolute Gasteiger partial charge is 0.168 e. The quantitative estimate of drug-likeness (QED) is 0.119. The van der Waals surface area contributed by atoms with Crippen molar-refractivity contribution in [2.45, 2.75) is 0 Å². The third kappa shape index (κ3) is 8.68. The molecule has 2 aliphatic rings. The van der Waals surface area contributed by atoms with Crippen molar-refractivity contribution < 1.29 is 18.9 Å². The standard InChI is InChI=1S/C64H54N12O4/c1-73(2)41-25-9-13-29-45(41)77-49-33-17-21-37-53(49)61-65-57(37)70-62-55-39(23-19-35-51(55)79-47-31-15-11-27-43(47)75(5)6)59(67-62)72-64-56-40(24-20-36-52(56)80-48-32-16-12-28-44(48)76(7)8)60(68-64)71-63-54-38(58(66-63)69-61)22-18-34-50(54)78-46-30-14-10-26-42(46)74(3)4/h9-36H,1-8H3,(H2,65,66,67,68,69,70,71,72). The summed E-state index contributed by atoms with van der Waals surface area (Å²) in [6, 6.07) is 55.2. The lowest BCUT2D eigenvalue weighted by Crippen LogP contribution is -2.09. The minimum absolute atomic E-state index is 0.360. The number of nitrogens with zero attached hydrogens (tertiary/aromatic N) is 10. The molecule has 80 heavy (non-hydrogen) atoms. The van der Waals surface area contributed by atoms with Crippen LogP contribution in [0.3, 0.4) is 0 Å². The lowest BCUT2D eigenvalue weighted by molar-refractivity contribution is 0.484. The molecule has 0 unspecified atom stereocenters. The zero-order valence-corrected chi connectivity index (χ0v) is 45.3. The van der Waals surface area contributed by atoms with Crippen molar-refractivity contribution in [1.29, 1.82) is 0 Å². The van der Waals surface area contributed by atoms with Crippen LogP contribution in [-0.4, -0.2) is 96.3 Å². The van der Waals surface area contributed by atoms with Crippen LogP contribution in [0.5, 0.6) is 46.0 Å². The van der Waals surface area contributed by atoms with Gasteiger partial charge in [-0.1, -0.05) is 97.1 Å². The third-order valence-electron chi connectivity index (χ3n) is 14.1. The molecule has 8 bridgehead atoms. The number of rotatable bonds is 12. The zero-order valence-electron chi connectivity index (χ0n) is 45.3. The Balaban J connectivity index is 1.14. The van der Waals surface area contributed by atoms with Crippen LogP contribution in [0.2, 0.25) is 0 Å². The number of ether oxygens (including phenoxy) is 4. The summed E-state index contributed by atoms with van der Waals surface area (Å²) in [7, 11) is 15.9. The van der Waals surface area contributed by atoms with Crippen LogP contribution < -0.4 is 38.5 Å². The molecule has 0 spiro atoms. The van der Waals surface area contributed by atoms with E-state index in [4.69, 9.17) is 48.9 Å². The maximum absolute atomic E-state index is 6.91. The van der Waals surface area contributed by atoms with Crippen LogP contribution in [0, 0.1) is 0 Å². The fourth-order valence-electron chi connectivity index (χ4n) is 10.3. The van der Waals surface area contributed by atoms with Gasteiger partial charge in [-0.15, -0.1) is 0 Å². The summed E-state index contributed by atoms with van der Waals surface area (Å²) in [5.41, 5.74) is 8.12. The van der Waals surface area contributed by atoms with Gasteiger partial charge in [-0.05, 0) is 72.8 Å². The predicted molar refractivity (Wildman–Crippen MR) is 319 cm³/mol. The number of anilines is 4. The first-order chi connectivity index (χ1) is 38.9. The van der Waals surface area contributed by atoms with Gasteiger partial charge in [0.05, 0.1) is 44.6 Å². The van der Waals surface area contributed by atoms with Gasteiger partial charge in [0.2, 0.25) is 0 Å². The number of fused-ring (bicyclic) bond motifs is 20. The lowest BCUT2D eigenvalue weighted by atomic mass is 10.1. The number of H-pyrrole nitrogens is 2. The van der Waals surface area contributed by atoms with Crippen LogP contribution in [0.4, 0.5) is 22.7 Å². The van der Waals surface area contributed by atoms with Gasteiger partial charge in [0.25, 0.3) is 0 Å². The Hall–Kier alpha value is -10.5. The molecule has 394 valence electrons. The Kier molecular flexibility index (Phi) is 12.2. The van der Waals surface area contributed by atoms with E-state index in [1.807, 2.05) is 246 Å². The molecule has 16 nitrogen and oxygen atoms in total. The average molecular weight is 1060 g/mol. The summed E-state index contributed by atoms with van der Waals surface area (Å²) in [5, 5.41) is 2.80. The Morgan fingerprint density at radius 3 is 0.912 bits per heavy atom. The number of benzene rings is 8. The molecule has 0 radical (unpaired) electrons. The van der Waals surface area contributed by atoms with Crippen molar-refractivity contribution in [1.82, 2.24) is 39.9 Å². The van der Waals surface area contributed by atoms with E-state index in [9.17, 15) is 0 Å². The van der Waals surface area contributed by atoms with E-state index >= 15 is 0 Å². The van der Waals surface area contributed by atoms with Gasteiger partial charge in [0, 0.05) is 78.3 Å². The second-order valence-corrected chi connectivity index (χ2v) is 20.2. The molecule has 2 aliphatic heterocycles. The van der Waals surface area contributed by atoms with Crippen molar-refractivity contribution in [3.63, 3.8) is 0 Å². The second kappa shape index (κ2) is 19.8. The fourth-order valence-corrected chi connectivity index (χ4v) is 10.3. The highest BCUT2D eigenvalue weighted by atomic mass is 16.5. The number of hydrogen-bond donors (Lipinski definition) is 2. The Morgan fingerprint density at radius 1 is 0.275 bits per heavy atom. The summed E-state index contributed by atoms with van der Waals surface area (Å²) >= 11 is 0. The number of aromatic amines is 2. The first-order valence-corrected chi connectivity index (χ1v) is 26.1. The highest BCUT2D eigenvalue weighted by Gasteiger charge is 2.29. The molecule has 13 rings (SSSR count). The zero-order chi connectivity index (χ0) is 54.8.